The fraction of sp³-hybridized carbons (Fsp3) is 0.400. The minimum absolute atomic E-state index is 0.325. The lowest BCUT2D eigenvalue weighted by Crippen LogP contribution is -2.37. The van der Waals surface area contributed by atoms with Crippen LogP contribution in [0.25, 0.3) is 0 Å². The number of hydrogen-bond donors (Lipinski definition) is 3. The molecule has 0 saturated heterocycles. The van der Waals surface area contributed by atoms with Gasteiger partial charge in [-0.1, -0.05) is 18.2 Å². The predicted molar refractivity (Wildman–Crippen MR) is 60.4 cm³/mol. The number of rotatable bonds is 2. The van der Waals surface area contributed by atoms with E-state index in [9.17, 15) is 9.11 Å². The molecule has 3 N–H and O–H groups in total. The molecule has 14 heavy (non-hydrogen) atoms. The van der Waals surface area contributed by atoms with Gasteiger partial charge < -0.3 is 0 Å². The molecule has 0 atom stereocenters. The van der Waals surface area contributed by atoms with Crippen molar-refractivity contribution in [3.05, 3.63) is 30.3 Å². The second-order valence-electron chi connectivity index (χ2n) is 4.21. The molecule has 1 aromatic rings. The van der Waals surface area contributed by atoms with Crippen LogP contribution in [0.3, 0.4) is 0 Å². The largest absolute Gasteiger partial charge is 0.281 e. The van der Waals surface area contributed by atoms with Crippen LogP contribution in [0, 0.1) is 0 Å². The van der Waals surface area contributed by atoms with Crippen LogP contribution in [0.4, 0.5) is 0 Å². The van der Waals surface area contributed by atoms with Crippen LogP contribution in [0.15, 0.2) is 35.2 Å². The van der Waals surface area contributed by atoms with Gasteiger partial charge in [0.25, 0.3) is 0 Å². The zero-order chi connectivity index (χ0) is 10.8. The lowest BCUT2D eigenvalue weighted by Gasteiger charge is -2.39. The Kier molecular flexibility index (Phi) is 3.21. The molecule has 4 heteroatoms. The van der Waals surface area contributed by atoms with Gasteiger partial charge in [0.15, 0.2) is 0 Å². The molecule has 0 unspecified atom stereocenters. The highest BCUT2D eigenvalue weighted by Crippen LogP contribution is 2.45. The van der Waals surface area contributed by atoms with Gasteiger partial charge in [-0.2, -0.15) is 0 Å². The van der Waals surface area contributed by atoms with E-state index < -0.39 is 10.8 Å². The fourth-order valence-electron chi connectivity index (χ4n) is 1.10. The van der Waals surface area contributed by atoms with Crippen molar-refractivity contribution in [2.24, 2.45) is 0 Å². The standard InChI is InChI=1S/C10H17NO2S/c1-10(2,3)11-14(12,13)9-7-5-4-6-8-9/h4-8,11-13H,1-3H3. The SMILES string of the molecule is CC(C)(C)NS(O)(O)c1ccccc1. The van der Waals surface area contributed by atoms with E-state index in [0.717, 1.165) is 0 Å². The first-order valence-electron chi connectivity index (χ1n) is 4.43. The van der Waals surface area contributed by atoms with Gasteiger partial charge in [-0.25, -0.2) is 4.72 Å². The minimum atomic E-state index is -2.87. The van der Waals surface area contributed by atoms with Crippen molar-refractivity contribution < 1.29 is 9.11 Å². The zero-order valence-electron chi connectivity index (χ0n) is 8.69. The molecule has 0 fully saturated rings. The molecule has 1 aromatic carbocycles. The summed E-state index contributed by atoms with van der Waals surface area (Å²) in [7, 11) is -2.87. The van der Waals surface area contributed by atoms with Gasteiger partial charge in [0.05, 0.1) is 4.90 Å². The van der Waals surface area contributed by atoms with Crippen LogP contribution in [0.1, 0.15) is 20.8 Å². The Morgan fingerprint density at radius 1 is 1.07 bits per heavy atom. The molecule has 3 nitrogen and oxygen atoms in total. The maximum atomic E-state index is 9.85. The summed E-state index contributed by atoms with van der Waals surface area (Å²) < 4.78 is 22.5. The van der Waals surface area contributed by atoms with Gasteiger partial charge in [0, 0.05) is 5.54 Å². The van der Waals surface area contributed by atoms with Crippen LogP contribution >= 0.6 is 10.8 Å². The summed E-state index contributed by atoms with van der Waals surface area (Å²) in [5, 5.41) is 0. The Labute approximate surface area is 86.6 Å². The quantitative estimate of drug-likeness (QED) is 0.710. The molecule has 0 aromatic heterocycles. The Hall–Kier alpha value is -0.550. The molecule has 0 radical (unpaired) electrons. The summed E-state index contributed by atoms with van der Waals surface area (Å²) >= 11 is 0. The van der Waals surface area contributed by atoms with E-state index in [2.05, 4.69) is 4.72 Å². The summed E-state index contributed by atoms with van der Waals surface area (Å²) in [5.41, 5.74) is -0.325. The molecule has 0 aliphatic heterocycles. The lowest BCUT2D eigenvalue weighted by molar-refractivity contribution is 0.422. The van der Waals surface area contributed by atoms with Crippen LogP contribution in [-0.4, -0.2) is 14.6 Å². The third kappa shape index (κ3) is 3.31. The summed E-state index contributed by atoms with van der Waals surface area (Å²) in [6.45, 7) is 5.68. The molecule has 0 aliphatic rings. The van der Waals surface area contributed by atoms with Gasteiger partial charge in [-0.3, -0.25) is 9.11 Å². The first-order valence-corrected chi connectivity index (χ1v) is 5.98. The molecule has 80 valence electrons. The van der Waals surface area contributed by atoms with E-state index in [1.807, 2.05) is 26.8 Å². The van der Waals surface area contributed by atoms with Gasteiger partial charge in [0.2, 0.25) is 0 Å². The molecule has 1 rings (SSSR count). The summed E-state index contributed by atoms with van der Waals surface area (Å²) in [6.07, 6.45) is 0. The van der Waals surface area contributed by atoms with Crippen molar-refractivity contribution in [1.29, 1.82) is 0 Å². The van der Waals surface area contributed by atoms with E-state index in [4.69, 9.17) is 0 Å². The Bertz CT molecular complexity index is 293. The van der Waals surface area contributed by atoms with E-state index in [1.54, 1.807) is 24.3 Å². The summed E-state index contributed by atoms with van der Waals surface area (Å²) in [5.74, 6) is 0. The van der Waals surface area contributed by atoms with E-state index in [1.165, 1.54) is 0 Å². The topological polar surface area (TPSA) is 52.5 Å². The predicted octanol–water partition coefficient (Wildman–Crippen LogP) is 3.10. The molecular formula is C10H17NO2S. The molecule has 0 aliphatic carbocycles. The van der Waals surface area contributed by atoms with Crippen LogP contribution in [-0.2, 0) is 0 Å². The third-order valence-corrected chi connectivity index (χ3v) is 3.35. The van der Waals surface area contributed by atoms with Crippen molar-refractivity contribution in [2.45, 2.75) is 31.2 Å². The monoisotopic (exact) mass is 215 g/mol. The molecule has 0 saturated carbocycles. The smallest absolute Gasteiger partial charge is 0.0750 e. The van der Waals surface area contributed by atoms with Crippen LogP contribution in [0.5, 0.6) is 0 Å². The van der Waals surface area contributed by atoms with Crippen molar-refractivity contribution in [1.82, 2.24) is 4.72 Å². The van der Waals surface area contributed by atoms with E-state index in [0.29, 0.717) is 4.90 Å². The van der Waals surface area contributed by atoms with Gasteiger partial charge in [-0.05, 0) is 32.9 Å². The van der Waals surface area contributed by atoms with Gasteiger partial charge in [0.1, 0.15) is 0 Å². The van der Waals surface area contributed by atoms with E-state index in [-0.39, 0.29) is 5.54 Å². The highest BCUT2D eigenvalue weighted by molar-refractivity contribution is 8.22. The molecule has 0 spiro atoms. The normalized spacial score (nSPS) is 14.1. The first kappa shape index (κ1) is 11.5. The third-order valence-electron chi connectivity index (χ3n) is 1.52. The Morgan fingerprint density at radius 3 is 2.00 bits per heavy atom. The number of hydrogen-bond acceptors (Lipinski definition) is 3. The van der Waals surface area contributed by atoms with Crippen molar-refractivity contribution in [3.63, 3.8) is 0 Å². The maximum Gasteiger partial charge on any atom is 0.0750 e. The second kappa shape index (κ2) is 3.90. The summed E-state index contributed by atoms with van der Waals surface area (Å²) in [4.78, 5) is 0.523. The fourth-order valence-corrected chi connectivity index (χ4v) is 2.60. The molecule has 0 amide bonds. The van der Waals surface area contributed by atoms with Crippen molar-refractivity contribution in [2.75, 3.05) is 0 Å². The van der Waals surface area contributed by atoms with Crippen molar-refractivity contribution >= 4 is 10.8 Å². The second-order valence-corrected chi connectivity index (χ2v) is 5.99. The average Bonchev–Trinajstić information content (AvgIpc) is 2.01. The molecule has 0 bridgehead atoms. The Morgan fingerprint density at radius 2 is 1.57 bits per heavy atom. The molecule has 0 heterocycles. The average molecular weight is 215 g/mol. The zero-order valence-corrected chi connectivity index (χ0v) is 9.51. The van der Waals surface area contributed by atoms with E-state index >= 15 is 0 Å². The van der Waals surface area contributed by atoms with Crippen molar-refractivity contribution in [3.8, 4) is 0 Å². The lowest BCUT2D eigenvalue weighted by atomic mass is 10.1. The van der Waals surface area contributed by atoms with Gasteiger partial charge in [-0.15, -0.1) is 10.8 Å². The van der Waals surface area contributed by atoms with Crippen LogP contribution in [0.2, 0.25) is 0 Å². The van der Waals surface area contributed by atoms with Gasteiger partial charge >= 0.3 is 0 Å². The first-order chi connectivity index (χ1) is 6.31. The van der Waals surface area contributed by atoms with Crippen LogP contribution < -0.4 is 4.72 Å². The molecular weight excluding hydrogens is 198 g/mol. The highest BCUT2D eigenvalue weighted by atomic mass is 32.3. The number of benzene rings is 1. The maximum absolute atomic E-state index is 9.85. The highest BCUT2D eigenvalue weighted by Gasteiger charge is 2.22. The Balaban J connectivity index is 2.86. The summed E-state index contributed by atoms with van der Waals surface area (Å²) in [6, 6.07) is 8.82. The minimum Gasteiger partial charge on any atom is -0.281 e. The number of nitrogens with one attached hydrogen (secondary N) is 1.